The molecular formula is C28H27N3O4. The molecule has 2 aromatic heterocycles. The predicted octanol–water partition coefficient (Wildman–Crippen LogP) is 4.81. The topological polar surface area (TPSA) is 65.8 Å². The lowest BCUT2D eigenvalue weighted by Gasteiger charge is -2.40. The van der Waals surface area contributed by atoms with Crippen LogP contribution in [0.25, 0.3) is 5.69 Å². The molecule has 0 amide bonds. The number of rotatable bonds is 8. The van der Waals surface area contributed by atoms with Gasteiger partial charge in [-0.1, -0.05) is 18.2 Å². The molecule has 0 atom stereocenters. The Morgan fingerprint density at radius 2 is 1.94 bits per heavy atom. The molecule has 0 spiro atoms. The van der Waals surface area contributed by atoms with Crippen LogP contribution in [0.1, 0.15) is 21.5 Å². The summed E-state index contributed by atoms with van der Waals surface area (Å²) in [6.07, 6.45) is 7.54. The van der Waals surface area contributed by atoms with Crippen LogP contribution in [0.2, 0.25) is 0 Å². The van der Waals surface area contributed by atoms with Gasteiger partial charge < -0.3 is 23.7 Å². The third kappa shape index (κ3) is 4.99. The highest BCUT2D eigenvalue weighted by Gasteiger charge is 2.29. The van der Waals surface area contributed by atoms with E-state index in [-0.39, 0.29) is 12.1 Å². The molecule has 0 bridgehead atoms. The van der Waals surface area contributed by atoms with Crippen LogP contribution in [-0.4, -0.2) is 41.8 Å². The number of ether oxygens (including phenoxy) is 3. The highest BCUT2D eigenvalue weighted by atomic mass is 16.5. The van der Waals surface area contributed by atoms with Crippen molar-refractivity contribution in [1.82, 2.24) is 9.55 Å². The van der Waals surface area contributed by atoms with Crippen LogP contribution in [0.5, 0.6) is 11.5 Å². The monoisotopic (exact) mass is 469 g/mol. The second-order valence-electron chi connectivity index (χ2n) is 8.51. The van der Waals surface area contributed by atoms with E-state index in [2.05, 4.69) is 22.9 Å². The second kappa shape index (κ2) is 9.93. The smallest absolute Gasteiger partial charge is 0.339 e. The molecule has 5 rings (SSSR count). The van der Waals surface area contributed by atoms with Crippen molar-refractivity contribution in [2.75, 3.05) is 25.1 Å². The van der Waals surface area contributed by atoms with E-state index in [4.69, 9.17) is 14.2 Å². The minimum absolute atomic E-state index is 0.122. The maximum absolute atomic E-state index is 12.1. The summed E-state index contributed by atoms with van der Waals surface area (Å²) in [5.41, 5.74) is 4.59. The molecule has 0 unspecified atom stereocenters. The fourth-order valence-corrected chi connectivity index (χ4v) is 4.14. The van der Waals surface area contributed by atoms with Crippen molar-refractivity contribution in [1.29, 1.82) is 0 Å². The average Bonchev–Trinajstić information content (AvgIpc) is 3.35. The van der Waals surface area contributed by atoms with Crippen LogP contribution in [0, 0.1) is 6.92 Å². The Morgan fingerprint density at radius 3 is 2.71 bits per heavy atom. The molecular weight excluding hydrogens is 442 g/mol. The van der Waals surface area contributed by atoms with Crippen molar-refractivity contribution < 1.29 is 19.0 Å². The number of pyridine rings is 1. The maximum Gasteiger partial charge on any atom is 0.339 e. The van der Waals surface area contributed by atoms with Crippen molar-refractivity contribution in [2.45, 2.75) is 19.6 Å². The molecule has 1 aliphatic heterocycles. The molecule has 1 saturated heterocycles. The second-order valence-corrected chi connectivity index (χ2v) is 8.51. The third-order valence-corrected chi connectivity index (χ3v) is 6.05. The van der Waals surface area contributed by atoms with E-state index in [9.17, 15) is 4.79 Å². The number of anilines is 1. The van der Waals surface area contributed by atoms with Gasteiger partial charge in [-0.05, 0) is 60.5 Å². The molecule has 7 heteroatoms. The van der Waals surface area contributed by atoms with Crippen molar-refractivity contribution in [2.24, 2.45) is 0 Å². The van der Waals surface area contributed by atoms with Gasteiger partial charge in [0.2, 0.25) is 0 Å². The minimum atomic E-state index is -0.349. The first-order chi connectivity index (χ1) is 17.1. The Balaban J connectivity index is 1.17. The summed E-state index contributed by atoms with van der Waals surface area (Å²) in [5.74, 6) is 1.30. The van der Waals surface area contributed by atoms with E-state index in [1.54, 1.807) is 18.5 Å². The van der Waals surface area contributed by atoms with E-state index in [1.165, 1.54) is 7.11 Å². The summed E-state index contributed by atoms with van der Waals surface area (Å²) in [6, 6.07) is 19.4. The molecule has 0 N–H and O–H groups in total. The number of benzene rings is 2. The van der Waals surface area contributed by atoms with Gasteiger partial charge in [0.25, 0.3) is 0 Å². The van der Waals surface area contributed by atoms with Gasteiger partial charge in [-0.25, -0.2) is 4.79 Å². The lowest BCUT2D eigenvalue weighted by Crippen LogP contribution is -2.54. The Bertz CT molecular complexity index is 1310. The summed E-state index contributed by atoms with van der Waals surface area (Å²) < 4.78 is 18.9. The van der Waals surface area contributed by atoms with Crippen LogP contribution in [0.15, 0.2) is 85.5 Å². The highest BCUT2D eigenvalue weighted by molar-refractivity contribution is 5.93. The summed E-state index contributed by atoms with van der Waals surface area (Å²) >= 11 is 0. The van der Waals surface area contributed by atoms with E-state index in [0.29, 0.717) is 12.2 Å². The number of hydrogen-bond donors (Lipinski definition) is 0. The van der Waals surface area contributed by atoms with E-state index in [0.717, 1.165) is 47.1 Å². The number of carbonyl (C=O) groups excluding carboxylic acids is 1. The maximum atomic E-state index is 12.1. The lowest BCUT2D eigenvalue weighted by molar-refractivity contribution is 0.0600. The minimum Gasteiger partial charge on any atom is -0.487 e. The molecule has 3 heterocycles. The zero-order valence-corrected chi connectivity index (χ0v) is 19.8. The molecule has 1 fully saturated rings. The number of hydrogen-bond acceptors (Lipinski definition) is 6. The largest absolute Gasteiger partial charge is 0.487 e. The number of carbonyl (C=O) groups is 1. The van der Waals surface area contributed by atoms with Gasteiger partial charge in [0.15, 0.2) is 0 Å². The van der Waals surface area contributed by atoms with Gasteiger partial charge in [0, 0.05) is 18.6 Å². The summed E-state index contributed by atoms with van der Waals surface area (Å²) in [7, 11) is 1.39. The van der Waals surface area contributed by atoms with Crippen molar-refractivity contribution in [3.05, 3.63) is 102 Å². The van der Waals surface area contributed by atoms with Gasteiger partial charge in [-0.15, -0.1) is 0 Å². The van der Waals surface area contributed by atoms with Gasteiger partial charge >= 0.3 is 5.97 Å². The summed E-state index contributed by atoms with van der Waals surface area (Å²) in [4.78, 5) is 18.4. The lowest BCUT2D eigenvalue weighted by atomic mass is 10.1. The highest BCUT2D eigenvalue weighted by Crippen LogP contribution is 2.28. The molecule has 0 aliphatic carbocycles. The quantitative estimate of drug-likeness (QED) is 0.345. The fourth-order valence-electron chi connectivity index (χ4n) is 4.14. The van der Waals surface area contributed by atoms with E-state index in [1.807, 2.05) is 65.5 Å². The van der Waals surface area contributed by atoms with E-state index < -0.39 is 0 Å². The van der Waals surface area contributed by atoms with Gasteiger partial charge in [-0.2, -0.15) is 0 Å². The van der Waals surface area contributed by atoms with Crippen LogP contribution in [0.3, 0.4) is 0 Å². The predicted molar refractivity (Wildman–Crippen MR) is 133 cm³/mol. The first-order valence-corrected chi connectivity index (χ1v) is 11.5. The number of methoxy groups -OCH3 is 1. The number of aromatic nitrogens is 2. The number of aryl methyl sites for hydroxylation is 1. The van der Waals surface area contributed by atoms with E-state index >= 15 is 0 Å². The number of esters is 1. The molecule has 178 valence electrons. The Hall–Kier alpha value is -4.26. The molecule has 0 radical (unpaired) electrons. The van der Waals surface area contributed by atoms with Crippen LogP contribution in [-0.2, 0) is 11.3 Å². The van der Waals surface area contributed by atoms with Crippen molar-refractivity contribution >= 4 is 11.7 Å². The molecule has 7 nitrogen and oxygen atoms in total. The zero-order chi connectivity index (χ0) is 24.2. The van der Waals surface area contributed by atoms with Crippen molar-refractivity contribution in [3.8, 4) is 17.2 Å². The Kier molecular flexibility index (Phi) is 6.39. The van der Waals surface area contributed by atoms with Gasteiger partial charge in [0.1, 0.15) is 24.2 Å². The average molecular weight is 470 g/mol. The van der Waals surface area contributed by atoms with Crippen molar-refractivity contribution in [3.63, 3.8) is 0 Å². The van der Waals surface area contributed by atoms with Crippen LogP contribution in [0.4, 0.5) is 5.69 Å². The number of para-hydroxylation sites is 1. The first-order valence-electron chi connectivity index (χ1n) is 11.5. The summed E-state index contributed by atoms with van der Waals surface area (Å²) in [5, 5.41) is 0. The molecule has 0 saturated carbocycles. The van der Waals surface area contributed by atoms with Crippen LogP contribution < -0.4 is 14.4 Å². The Morgan fingerprint density at radius 1 is 1.09 bits per heavy atom. The normalized spacial score (nSPS) is 13.3. The standard InChI is InChI=1S/C28H27N3O4/c1-20-14-21(19-34-23-6-5-12-29-15-23)9-10-27(20)35-24-17-31(18-24)22-11-13-30(16-22)26-8-4-3-7-25(26)28(32)33-2/h3-16,24H,17-19H2,1-2H3. The fraction of sp³-hybridized carbons (Fsp3) is 0.214. The summed E-state index contributed by atoms with van der Waals surface area (Å²) in [6.45, 7) is 4.14. The molecule has 1 aliphatic rings. The van der Waals surface area contributed by atoms with Crippen LogP contribution >= 0.6 is 0 Å². The molecule has 35 heavy (non-hydrogen) atoms. The Labute approximate surface area is 204 Å². The third-order valence-electron chi connectivity index (χ3n) is 6.05. The van der Waals surface area contributed by atoms with Gasteiger partial charge in [0.05, 0.1) is 43.3 Å². The molecule has 4 aromatic rings. The molecule has 2 aromatic carbocycles. The van der Waals surface area contributed by atoms with Gasteiger partial charge in [-0.3, -0.25) is 4.98 Å². The SMILES string of the molecule is COC(=O)c1ccccc1-n1ccc(N2CC(Oc3ccc(COc4cccnc4)cc3C)C2)c1. The number of nitrogens with zero attached hydrogens (tertiary/aromatic N) is 3. The zero-order valence-electron chi connectivity index (χ0n) is 19.8. The first kappa shape index (κ1) is 22.5.